The molecule has 0 unspecified atom stereocenters. The van der Waals surface area contributed by atoms with Gasteiger partial charge in [0.1, 0.15) is 5.75 Å². The highest BCUT2D eigenvalue weighted by Gasteiger charge is 2.18. The van der Waals surface area contributed by atoms with Gasteiger partial charge in [0.05, 0.1) is 25.5 Å². The van der Waals surface area contributed by atoms with Crippen LogP contribution in [0.3, 0.4) is 0 Å². The van der Waals surface area contributed by atoms with Crippen LogP contribution in [-0.4, -0.2) is 29.4 Å². The number of carbonyl (C=O) groups is 1. The van der Waals surface area contributed by atoms with E-state index in [0.29, 0.717) is 18.0 Å². The topological polar surface area (TPSA) is 82.4 Å². The summed E-state index contributed by atoms with van der Waals surface area (Å²) in [4.78, 5) is 24.9. The van der Waals surface area contributed by atoms with Crippen molar-refractivity contribution in [2.45, 2.75) is 6.92 Å². The van der Waals surface area contributed by atoms with E-state index in [1.807, 2.05) is 6.92 Å². The van der Waals surface area contributed by atoms with Gasteiger partial charge in [-0.15, -0.1) is 0 Å². The normalized spacial score (nSPS) is 10.5. The van der Waals surface area contributed by atoms with E-state index in [-0.39, 0.29) is 11.6 Å². The van der Waals surface area contributed by atoms with Crippen LogP contribution in [0.2, 0.25) is 0 Å². The van der Waals surface area contributed by atoms with Gasteiger partial charge in [0, 0.05) is 11.8 Å². The van der Waals surface area contributed by atoms with Gasteiger partial charge < -0.3 is 14.8 Å². The molecule has 0 atom stereocenters. The molecule has 0 saturated carbocycles. The fraction of sp³-hybridized carbons (Fsp3) is 0.150. The van der Waals surface area contributed by atoms with E-state index >= 15 is 0 Å². The first-order valence-electron chi connectivity index (χ1n) is 8.61. The van der Waals surface area contributed by atoms with Crippen molar-refractivity contribution in [3.63, 3.8) is 0 Å². The number of carbonyl (C=O) groups excluding carboxylic acids is 1. The lowest BCUT2D eigenvalue weighted by Crippen LogP contribution is -2.26. The quantitative estimate of drug-likeness (QED) is 0.686. The van der Waals surface area contributed by atoms with E-state index in [0.717, 1.165) is 22.9 Å². The summed E-state index contributed by atoms with van der Waals surface area (Å²) in [5.41, 5.74) is -0.626. The Bertz CT molecular complexity index is 1100. The molecule has 1 aromatic heterocycles. The molecule has 150 valence electrons. The van der Waals surface area contributed by atoms with Gasteiger partial charge in [0.25, 0.3) is 5.91 Å². The summed E-state index contributed by atoms with van der Waals surface area (Å²) in [6.07, 6.45) is 0. The predicted molar refractivity (Wildman–Crippen MR) is 102 cm³/mol. The van der Waals surface area contributed by atoms with Gasteiger partial charge in [0.15, 0.2) is 17.3 Å². The first-order chi connectivity index (χ1) is 13.9. The number of nitrogens with zero attached hydrogens (tertiary/aromatic N) is 2. The molecule has 7 nitrogen and oxygen atoms in total. The fourth-order valence-electron chi connectivity index (χ4n) is 2.54. The number of anilines is 1. The molecule has 29 heavy (non-hydrogen) atoms. The average Bonchev–Trinajstić information content (AvgIpc) is 2.71. The molecule has 0 spiro atoms. The van der Waals surface area contributed by atoms with Crippen molar-refractivity contribution in [1.29, 1.82) is 0 Å². The van der Waals surface area contributed by atoms with Crippen molar-refractivity contribution in [3.8, 4) is 17.3 Å². The maximum absolute atomic E-state index is 13.6. The van der Waals surface area contributed by atoms with Crippen molar-refractivity contribution in [1.82, 2.24) is 9.78 Å². The number of ether oxygens (including phenoxy) is 2. The Hall–Kier alpha value is -3.75. The van der Waals surface area contributed by atoms with Crippen LogP contribution in [0.1, 0.15) is 17.4 Å². The highest BCUT2D eigenvalue weighted by atomic mass is 19.2. The van der Waals surface area contributed by atoms with E-state index in [1.165, 1.54) is 13.2 Å². The second-order valence-electron chi connectivity index (χ2n) is 5.82. The minimum Gasteiger partial charge on any atom is -0.494 e. The minimum atomic E-state index is -1.11. The first-order valence-corrected chi connectivity index (χ1v) is 8.61. The molecule has 0 radical (unpaired) electrons. The minimum absolute atomic E-state index is 0.0429. The number of halogens is 2. The SMILES string of the molecule is CCOc1ccc(NC(=O)c2nn(-c3ccc(F)c(F)c3)c(OC)cc2=O)cc1. The van der Waals surface area contributed by atoms with Crippen LogP contribution in [0.4, 0.5) is 14.5 Å². The van der Waals surface area contributed by atoms with Gasteiger partial charge in [-0.2, -0.15) is 5.10 Å². The molecular formula is C20H17F2N3O4. The summed E-state index contributed by atoms with van der Waals surface area (Å²) in [7, 11) is 1.28. The molecule has 0 aliphatic carbocycles. The Morgan fingerprint density at radius 3 is 2.45 bits per heavy atom. The van der Waals surface area contributed by atoms with Gasteiger partial charge in [-0.05, 0) is 43.3 Å². The van der Waals surface area contributed by atoms with E-state index in [2.05, 4.69) is 10.4 Å². The van der Waals surface area contributed by atoms with Crippen molar-refractivity contribution < 1.29 is 23.0 Å². The van der Waals surface area contributed by atoms with Crippen LogP contribution in [0.25, 0.3) is 5.69 Å². The van der Waals surface area contributed by atoms with Crippen LogP contribution >= 0.6 is 0 Å². The molecule has 9 heteroatoms. The average molecular weight is 401 g/mol. The highest BCUT2D eigenvalue weighted by molar-refractivity contribution is 6.02. The summed E-state index contributed by atoms with van der Waals surface area (Å²) >= 11 is 0. The number of rotatable bonds is 6. The van der Waals surface area contributed by atoms with Gasteiger partial charge >= 0.3 is 0 Å². The molecule has 0 bridgehead atoms. The van der Waals surface area contributed by atoms with Gasteiger partial charge in [0.2, 0.25) is 11.3 Å². The number of hydrogen-bond acceptors (Lipinski definition) is 5. The van der Waals surface area contributed by atoms with Crippen LogP contribution in [-0.2, 0) is 0 Å². The largest absolute Gasteiger partial charge is 0.494 e. The summed E-state index contributed by atoms with van der Waals surface area (Å²) in [6, 6.07) is 10.6. The molecule has 0 fully saturated rings. The third-order valence-electron chi connectivity index (χ3n) is 3.89. The lowest BCUT2D eigenvalue weighted by Gasteiger charge is -2.13. The van der Waals surface area contributed by atoms with E-state index < -0.39 is 28.7 Å². The molecular weight excluding hydrogens is 384 g/mol. The standard InChI is InChI=1S/C20H17F2N3O4/c1-3-29-14-7-4-12(5-8-14)23-20(27)19-17(26)11-18(28-2)25(24-19)13-6-9-15(21)16(22)10-13/h4-11H,3H2,1-2H3,(H,23,27). The Morgan fingerprint density at radius 1 is 1.10 bits per heavy atom. The zero-order valence-corrected chi connectivity index (χ0v) is 15.6. The molecule has 1 heterocycles. The first kappa shape index (κ1) is 20.0. The number of nitrogens with one attached hydrogen (secondary N) is 1. The number of methoxy groups -OCH3 is 1. The Kier molecular flexibility index (Phi) is 5.87. The molecule has 3 aromatic rings. The van der Waals surface area contributed by atoms with Gasteiger partial charge in [-0.3, -0.25) is 9.59 Å². The third kappa shape index (κ3) is 4.40. The zero-order valence-electron chi connectivity index (χ0n) is 15.6. The molecule has 2 aromatic carbocycles. The van der Waals surface area contributed by atoms with Crippen LogP contribution in [0.5, 0.6) is 11.6 Å². The second-order valence-corrected chi connectivity index (χ2v) is 5.82. The van der Waals surface area contributed by atoms with Crippen molar-refractivity contribution in [3.05, 3.63) is 76.1 Å². The van der Waals surface area contributed by atoms with Crippen LogP contribution in [0.15, 0.2) is 53.3 Å². The maximum Gasteiger partial charge on any atom is 0.280 e. The number of aromatic nitrogens is 2. The Balaban J connectivity index is 1.95. The molecule has 3 rings (SSSR count). The van der Waals surface area contributed by atoms with Gasteiger partial charge in [-0.25, -0.2) is 13.5 Å². The lowest BCUT2D eigenvalue weighted by atomic mass is 10.2. The number of amides is 1. The molecule has 0 saturated heterocycles. The van der Waals surface area contributed by atoms with E-state index in [9.17, 15) is 18.4 Å². The summed E-state index contributed by atoms with van der Waals surface area (Å²) < 4.78 is 38.3. The Morgan fingerprint density at radius 2 is 1.83 bits per heavy atom. The summed E-state index contributed by atoms with van der Waals surface area (Å²) in [5, 5.41) is 6.54. The van der Waals surface area contributed by atoms with Crippen molar-refractivity contribution >= 4 is 11.6 Å². The van der Waals surface area contributed by atoms with E-state index in [4.69, 9.17) is 9.47 Å². The van der Waals surface area contributed by atoms with Gasteiger partial charge in [-0.1, -0.05) is 0 Å². The lowest BCUT2D eigenvalue weighted by molar-refractivity contribution is 0.101. The van der Waals surface area contributed by atoms with Crippen LogP contribution < -0.4 is 20.2 Å². The molecule has 0 aliphatic heterocycles. The van der Waals surface area contributed by atoms with Crippen molar-refractivity contribution in [2.75, 3.05) is 19.0 Å². The summed E-state index contributed by atoms with van der Waals surface area (Å²) in [6.45, 7) is 2.36. The number of hydrogen-bond donors (Lipinski definition) is 1. The van der Waals surface area contributed by atoms with E-state index in [1.54, 1.807) is 24.3 Å². The third-order valence-corrected chi connectivity index (χ3v) is 3.89. The summed E-state index contributed by atoms with van der Waals surface area (Å²) in [5.74, 6) is -2.32. The second kappa shape index (κ2) is 8.51. The Labute approximate surface area is 164 Å². The molecule has 0 aliphatic rings. The molecule has 1 N–H and O–H groups in total. The van der Waals surface area contributed by atoms with Crippen molar-refractivity contribution in [2.24, 2.45) is 0 Å². The predicted octanol–water partition coefficient (Wildman–Crippen LogP) is 3.17. The fourth-order valence-corrected chi connectivity index (χ4v) is 2.54. The van der Waals surface area contributed by atoms with Crippen LogP contribution in [0, 0.1) is 11.6 Å². The zero-order chi connectivity index (χ0) is 21.0. The monoisotopic (exact) mass is 401 g/mol. The number of benzene rings is 2. The maximum atomic E-state index is 13.6. The molecule has 1 amide bonds. The smallest absolute Gasteiger partial charge is 0.280 e. The highest BCUT2D eigenvalue weighted by Crippen LogP contribution is 2.19.